The number of thiazole rings is 1. The second kappa shape index (κ2) is 5.13. The van der Waals surface area contributed by atoms with Crippen LogP contribution in [0.5, 0.6) is 0 Å². The van der Waals surface area contributed by atoms with E-state index in [0.717, 1.165) is 22.2 Å². The Morgan fingerprint density at radius 2 is 1.80 bits per heavy atom. The lowest BCUT2D eigenvalue weighted by molar-refractivity contribution is 0.585. The van der Waals surface area contributed by atoms with Gasteiger partial charge in [-0.05, 0) is 24.6 Å². The molecule has 1 nitrogen and oxygen atoms in total. The molecule has 0 spiro atoms. The second-order valence-corrected chi connectivity index (χ2v) is 5.34. The molecule has 0 aliphatic rings. The van der Waals surface area contributed by atoms with Crippen molar-refractivity contribution < 1.29 is 8.78 Å². The van der Waals surface area contributed by atoms with Gasteiger partial charge in [0, 0.05) is 22.6 Å². The van der Waals surface area contributed by atoms with Crippen molar-refractivity contribution in [2.75, 3.05) is 0 Å². The molecule has 0 saturated carbocycles. The molecule has 2 aromatic carbocycles. The Hall–Kier alpha value is -2.07. The Morgan fingerprint density at radius 3 is 2.55 bits per heavy atom. The van der Waals surface area contributed by atoms with Gasteiger partial charge in [-0.15, -0.1) is 11.3 Å². The lowest BCUT2D eigenvalue weighted by Gasteiger charge is -2.01. The molecule has 0 fully saturated rings. The molecule has 0 amide bonds. The average Bonchev–Trinajstić information content (AvgIpc) is 2.88. The van der Waals surface area contributed by atoms with Gasteiger partial charge in [0.1, 0.15) is 16.6 Å². The van der Waals surface area contributed by atoms with Crippen molar-refractivity contribution in [3.8, 4) is 21.8 Å². The van der Waals surface area contributed by atoms with E-state index in [2.05, 4.69) is 4.98 Å². The SMILES string of the molecule is Cc1ccccc1-c1nc(-c2ccc(F)cc2F)cs1. The lowest BCUT2D eigenvalue weighted by Crippen LogP contribution is -1.87. The van der Waals surface area contributed by atoms with Gasteiger partial charge in [-0.1, -0.05) is 24.3 Å². The fourth-order valence-corrected chi connectivity index (χ4v) is 2.94. The molecule has 3 aromatic rings. The van der Waals surface area contributed by atoms with E-state index in [1.807, 2.05) is 31.2 Å². The zero-order valence-electron chi connectivity index (χ0n) is 10.7. The molecular formula is C16H11F2NS. The van der Waals surface area contributed by atoms with E-state index in [9.17, 15) is 8.78 Å². The summed E-state index contributed by atoms with van der Waals surface area (Å²) in [5.74, 6) is -1.17. The largest absolute Gasteiger partial charge is 0.236 e. The van der Waals surface area contributed by atoms with Crippen molar-refractivity contribution >= 4 is 11.3 Å². The molecule has 0 aliphatic carbocycles. The third kappa shape index (κ3) is 2.34. The van der Waals surface area contributed by atoms with E-state index >= 15 is 0 Å². The number of hydrogen-bond donors (Lipinski definition) is 0. The first-order valence-electron chi connectivity index (χ1n) is 6.12. The van der Waals surface area contributed by atoms with Crippen LogP contribution in [0.25, 0.3) is 21.8 Å². The Labute approximate surface area is 119 Å². The molecule has 0 atom stereocenters. The first-order valence-corrected chi connectivity index (χ1v) is 7.00. The molecule has 1 aromatic heterocycles. The second-order valence-electron chi connectivity index (χ2n) is 4.48. The molecule has 0 saturated heterocycles. The molecule has 0 aliphatic heterocycles. The van der Waals surface area contributed by atoms with Crippen molar-refractivity contribution in [2.24, 2.45) is 0 Å². The van der Waals surface area contributed by atoms with Gasteiger partial charge < -0.3 is 0 Å². The summed E-state index contributed by atoms with van der Waals surface area (Å²) in [6.45, 7) is 2.01. The Bertz CT molecular complexity index is 765. The molecule has 0 N–H and O–H groups in total. The van der Waals surface area contributed by atoms with Crippen LogP contribution in [0.2, 0.25) is 0 Å². The van der Waals surface area contributed by atoms with Crippen LogP contribution in [-0.4, -0.2) is 4.98 Å². The molecule has 3 rings (SSSR count). The van der Waals surface area contributed by atoms with Gasteiger partial charge in [0.25, 0.3) is 0 Å². The predicted octanol–water partition coefficient (Wildman–Crippen LogP) is 5.06. The zero-order valence-corrected chi connectivity index (χ0v) is 11.5. The summed E-state index contributed by atoms with van der Waals surface area (Å²) in [6, 6.07) is 11.4. The Kier molecular flexibility index (Phi) is 3.32. The maximum absolute atomic E-state index is 13.8. The average molecular weight is 287 g/mol. The maximum Gasteiger partial charge on any atom is 0.135 e. The van der Waals surface area contributed by atoms with Crippen molar-refractivity contribution in [3.63, 3.8) is 0 Å². The highest BCUT2D eigenvalue weighted by Crippen LogP contribution is 2.31. The topological polar surface area (TPSA) is 12.9 Å². The Morgan fingerprint density at radius 1 is 1.00 bits per heavy atom. The fourth-order valence-electron chi connectivity index (χ4n) is 2.03. The van der Waals surface area contributed by atoms with Crippen LogP contribution < -0.4 is 0 Å². The number of halogens is 2. The minimum absolute atomic E-state index is 0.322. The third-order valence-corrected chi connectivity index (χ3v) is 3.96. The van der Waals surface area contributed by atoms with Crippen LogP contribution in [0.3, 0.4) is 0 Å². The Balaban J connectivity index is 2.04. The van der Waals surface area contributed by atoms with Crippen LogP contribution in [0.15, 0.2) is 47.8 Å². The summed E-state index contributed by atoms with van der Waals surface area (Å²) in [7, 11) is 0. The maximum atomic E-state index is 13.8. The zero-order chi connectivity index (χ0) is 14.1. The quantitative estimate of drug-likeness (QED) is 0.641. The van der Waals surface area contributed by atoms with Crippen LogP contribution in [0.4, 0.5) is 8.78 Å². The van der Waals surface area contributed by atoms with Gasteiger partial charge in [-0.25, -0.2) is 13.8 Å². The van der Waals surface area contributed by atoms with Crippen molar-refractivity contribution in [1.29, 1.82) is 0 Å². The van der Waals surface area contributed by atoms with E-state index < -0.39 is 11.6 Å². The number of rotatable bonds is 2. The van der Waals surface area contributed by atoms with E-state index in [-0.39, 0.29) is 0 Å². The summed E-state index contributed by atoms with van der Waals surface area (Å²) in [6.07, 6.45) is 0. The number of nitrogens with zero attached hydrogens (tertiary/aromatic N) is 1. The van der Waals surface area contributed by atoms with Crippen molar-refractivity contribution in [3.05, 3.63) is 65.0 Å². The van der Waals surface area contributed by atoms with Crippen molar-refractivity contribution in [2.45, 2.75) is 6.92 Å². The van der Waals surface area contributed by atoms with Gasteiger partial charge in [0.2, 0.25) is 0 Å². The number of hydrogen-bond acceptors (Lipinski definition) is 2. The van der Waals surface area contributed by atoms with Gasteiger partial charge in [0.05, 0.1) is 5.69 Å². The minimum atomic E-state index is -0.591. The molecule has 0 bridgehead atoms. The summed E-state index contributed by atoms with van der Waals surface area (Å²) in [5, 5.41) is 2.62. The highest BCUT2D eigenvalue weighted by molar-refractivity contribution is 7.13. The smallest absolute Gasteiger partial charge is 0.135 e. The summed E-state index contributed by atoms with van der Waals surface area (Å²) in [5.41, 5.74) is 3.01. The van der Waals surface area contributed by atoms with E-state index in [1.165, 1.54) is 23.5 Å². The standard InChI is InChI=1S/C16H11F2NS/c1-10-4-2-3-5-12(10)16-19-15(9-20-16)13-7-6-11(17)8-14(13)18/h2-9H,1H3. The summed E-state index contributed by atoms with van der Waals surface area (Å²) < 4.78 is 26.7. The van der Waals surface area contributed by atoms with E-state index in [1.54, 1.807) is 5.38 Å². The van der Waals surface area contributed by atoms with Crippen LogP contribution >= 0.6 is 11.3 Å². The van der Waals surface area contributed by atoms with E-state index in [0.29, 0.717) is 11.3 Å². The lowest BCUT2D eigenvalue weighted by atomic mass is 10.1. The van der Waals surface area contributed by atoms with Crippen LogP contribution in [0, 0.1) is 18.6 Å². The van der Waals surface area contributed by atoms with Gasteiger partial charge in [0.15, 0.2) is 0 Å². The van der Waals surface area contributed by atoms with Gasteiger partial charge in [-0.2, -0.15) is 0 Å². The first-order chi connectivity index (χ1) is 9.65. The molecule has 1 heterocycles. The number of aromatic nitrogens is 1. The molecule has 100 valence electrons. The third-order valence-electron chi connectivity index (χ3n) is 3.09. The molecule has 0 radical (unpaired) electrons. The number of benzene rings is 2. The number of aryl methyl sites for hydroxylation is 1. The van der Waals surface area contributed by atoms with Gasteiger partial charge in [-0.3, -0.25) is 0 Å². The normalized spacial score (nSPS) is 10.8. The van der Waals surface area contributed by atoms with Crippen LogP contribution in [0.1, 0.15) is 5.56 Å². The summed E-state index contributed by atoms with van der Waals surface area (Å²) >= 11 is 1.45. The summed E-state index contributed by atoms with van der Waals surface area (Å²) in [4.78, 5) is 4.46. The van der Waals surface area contributed by atoms with Crippen LogP contribution in [-0.2, 0) is 0 Å². The predicted molar refractivity (Wildman–Crippen MR) is 77.6 cm³/mol. The van der Waals surface area contributed by atoms with E-state index in [4.69, 9.17) is 0 Å². The van der Waals surface area contributed by atoms with Crippen molar-refractivity contribution in [1.82, 2.24) is 4.98 Å². The molecule has 0 unspecified atom stereocenters. The monoisotopic (exact) mass is 287 g/mol. The fraction of sp³-hybridized carbons (Fsp3) is 0.0625. The molecule has 4 heteroatoms. The minimum Gasteiger partial charge on any atom is -0.236 e. The highest BCUT2D eigenvalue weighted by Gasteiger charge is 2.12. The highest BCUT2D eigenvalue weighted by atomic mass is 32.1. The first kappa shape index (κ1) is 12.9. The molecular weight excluding hydrogens is 276 g/mol. The molecule has 20 heavy (non-hydrogen) atoms. The van der Waals surface area contributed by atoms with Gasteiger partial charge >= 0.3 is 0 Å².